The second kappa shape index (κ2) is 9.04. The van der Waals surface area contributed by atoms with Crippen LogP contribution in [0.1, 0.15) is 24.5 Å². The lowest BCUT2D eigenvalue weighted by molar-refractivity contribution is -0.145. The van der Waals surface area contributed by atoms with E-state index in [1.54, 1.807) is 56.4 Å². The van der Waals surface area contributed by atoms with E-state index >= 15 is 0 Å². The van der Waals surface area contributed by atoms with Gasteiger partial charge in [-0.25, -0.2) is 9.79 Å². The van der Waals surface area contributed by atoms with Gasteiger partial charge in [0.2, 0.25) is 0 Å². The minimum absolute atomic E-state index is 0.0511. The molecular weight excluding hydrogens is 404 g/mol. The van der Waals surface area contributed by atoms with E-state index in [1.165, 1.54) is 16.7 Å². The molecule has 1 aliphatic heterocycles. The smallest absolute Gasteiger partial charge is 0.344 e. The molecule has 3 rings (SSSR count). The number of carboxylic acids is 1. The number of carbonyl (C=O) groups is 2. The van der Waals surface area contributed by atoms with Crippen LogP contribution in [0.4, 0.5) is 5.69 Å². The van der Waals surface area contributed by atoms with Crippen LogP contribution in [0.2, 0.25) is 0 Å². The molecule has 1 atom stereocenters. The van der Waals surface area contributed by atoms with Crippen LogP contribution in [0, 0.1) is 6.92 Å². The third-order valence-corrected chi connectivity index (χ3v) is 5.49. The number of aromatic hydroxyl groups is 1. The van der Waals surface area contributed by atoms with Gasteiger partial charge in [-0.1, -0.05) is 25.1 Å². The maximum Gasteiger partial charge on any atom is 0.344 e. The molecule has 0 aliphatic carbocycles. The summed E-state index contributed by atoms with van der Waals surface area (Å²) in [5, 5.41) is 19.7. The standard InChI is InChI=1S/C22H22N2O5S/c1-4-18(21(27)28)29-15-7-5-6-14(11-15)12-19-20(26)24(3)22(30-19)23-16-9-8-13(2)10-17(16)25/h5-12,18,25H,4H2,1-3H3,(H,27,28)/b19-12-,23-22?. The van der Waals surface area contributed by atoms with Crippen molar-refractivity contribution in [3.63, 3.8) is 0 Å². The first kappa shape index (κ1) is 21.4. The van der Waals surface area contributed by atoms with Crippen LogP contribution in [0.25, 0.3) is 6.08 Å². The number of aliphatic carboxylic acids is 1. The highest BCUT2D eigenvalue weighted by Gasteiger charge is 2.30. The van der Waals surface area contributed by atoms with E-state index in [0.29, 0.717) is 33.5 Å². The Morgan fingerprint density at radius 3 is 2.73 bits per heavy atom. The molecule has 0 spiro atoms. The SMILES string of the molecule is CCC(Oc1cccc(/C=C2\SC(=Nc3ccc(C)cc3O)N(C)C2=O)c1)C(=O)O. The van der Waals surface area contributed by atoms with Gasteiger partial charge in [0.15, 0.2) is 11.3 Å². The van der Waals surface area contributed by atoms with Crippen molar-refractivity contribution in [3.05, 3.63) is 58.5 Å². The fourth-order valence-corrected chi connectivity index (χ4v) is 3.76. The van der Waals surface area contributed by atoms with Gasteiger partial charge in [0.25, 0.3) is 5.91 Å². The van der Waals surface area contributed by atoms with Crippen molar-refractivity contribution >= 4 is 40.6 Å². The Morgan fingerprint density at radius 2 is 2.07 bits per heavy atom. The molecule has 0 aromatic heterocycles. The third kappa shape index (κ3) is 4.83. The molecular formula is C22H22N2O5S. The molecule has 30 heavy (non-hydrogen) atoms. The van der Waals surface area contributed by atoms with Gasteiger partial charge in [0, 0.05) is 7.05 Å². The average Bonchev–Trinajstić information content (AvgIpc) is 2.96. The first-order valence-corrected chi connectivity index (χ1v) is 10.2. The summed E-state index contributed by atoms with van der Waals surface area (Å²) in [6, 6.07) is 12.1. The van der Waals surface area contributed by atoms with Crippen molar-refractivity contribution in [2.45, 2.75) is 26.4 Å². The summed E-state index contributed by atoms with van der Waals surface area (Å²) in [5.41, 5.74) is 2.01. The van der Waals surface area contributed by atoms with Gasteiger partial charge in [0.1, 0.15) is 17.2 Å². The highest BCUT2D eigenvalue weighted by molar-refractivity contribution is 8.18. The molecule has 1 amide bonds. The van der Waals surface area contributed by atoms with Crippen LogP contribution >= 0.6 is 11.8 Å². The number of nitrogens with zero attached hydrogens (tertiary/aromatic N) is 2. The molecule has 0 bridgehead atoms. The van der Waals surface area contributed by atoms with Gasteiger partial charge >= 0.3 is 5.97 Å². The zero-order valence-electron chi connectivity index (χ0n) is 16.8. The Hall–Kier alpha value is -3.26. The molecule has 8 heteroatoms. The van der Waals surface area contributed by atoms with Crippen molar-refractivity contribution in [1.82, 2.24) is 4.90 Å². The van der Waals surface area contributed by atoms with E-state index in [0.717, 1.165) is 5.56 Å². The number of carboxylic acid groups (broad SMARTS) is 1. The molecule has 156 valence electrons. The zero-order valence-corrected chi connectivity index (χ0v) is 17.6. The molecule has 1 aliphatic rings. The summed E-state index contributed by atoms with van der Waals surface area (Å²) in [6.07, 6.45) is 1.11. The normalized spacial score (nSPS) is 17.6. The van der Waals surface area contributed by atoms with E-state index < -0.39 is 12.1 Å². The Bertz CT molecular complexity index is 1050. The lowest BCUT2D eigenvalue weighted by Crippen LogP contribution is -2.25. The summed E-state index contributed by atoms with van der Waals surface area (Å²) in [5.74, 6) is -0.769. The van der Waals surface area contributed by atoms with Gasteiger partial charge in [-0.2, -0.15) is 0 Å². The number of likely N-dealkylation sites (N-methyl/N-ethyl adjacent to an activating group) is 1. The molecule has 1 unspecified atom stereocenters. The minimum Gasteiger partial charge on any atom is -0.506 e. The predicted octanol–water partition coefficient (Wildman–Crippen LogP) is 4.18. The molecule has 2 aromatic carbocycles. The highest BCUT2D eigenvalue weighted by atomic mass is 32.2. The average molecular weight is 426 g/mol. The van der Waals surface area contributed by atoms with E-state index in [9.17, 15) is 14.7 Å². The van der Waals surface area contributed by atoms with Crippen molar-refractivity contribution in [2.75, 3.05) is 7.05 Å². The molecule has 1 fully saturated rings. The number of aryl methyl sites for hydroxylation is 1. The molecule has 1 heterocycles. The van der Waals surface area contributed by atoms with E-state index in [4.69, 9.17) is 9.84 Å². The zero-order chi connectivity index (χ0) is 21.8. The largest absolute Gasteiger partial charge is 0.506 e. The van der Waals surface area contributed by atoms with E-state index in [2.05, 4.69) is 4.99 Å². The maximum atomic E-state index is 12.6. The topological polar surface area (TPSA) is 99.4 Å². The number of thioether (sulfide) groups is 1. The Labute approximate surface area is 178 Å². The molecule has 2 N–H and O–H groups in total. The number of hydrogen-bond acceptors (Lipinski definition) is 6. The summed E-state index contributed by atoms with van der Waals surface area (Å²) in [4.78, 5) is 30.1. The number of phenolic OH excluding ortho intramolecular Hbond substituents is 1. The number of carbonyl (C=O) groups excluding carboxylic acids is 1. The second-order valence-electron chi connectivity index (χ2n) is 6.79. The van der Waals surface area contributed by atoms with Gasteiger partial charge in [-0.3, -0.25) is 9.69 Å². The number of aliphatic imine (C=N–C) groups is 1. The number of amides is 1. The number of ether oxygens (including phenoxy) is 1. The number of rotatable bonds is 6. The minimum atomic E-state index is -1.02. The molecule has 2 aromatic rings. The lowest BCUT2D eigenvalue weighted by Gasteiger charge is -2.13. The van der Waals surface area contributed by atoms with E-state index in [-0.39, 0.29) is 11.7 Å². The lowest BCUT2D eigenvalue weighted by atomic mass is 10.2. The van der Waals surface area contributed by atoms with Crippen LogP contribution in [0.3, 0.4) is 0 Å². The summed E-state index contributed by atoms with van der Waals surface area (Å²) >= 11 is 1.20. The van der Waals surface area contributed by atoms with Gasteiger partial charge < -0.3 is 14.9 Å². The van der Waals surface area contributed by atoms with Gasteiger partial charge in [-0.05, 0) is 66.6 Å². The number of hydrogen-bond donors (Lipinski definition) is 2. The van der Waals surface area contributed by atoms with Crippen LogP contribution < -0.4 is 4.74 Å². The van der Waals surface area contributed by atoms with Gasteiger partial charge in [-0.15, -0.1) is 0 Å². The summed E-state index contributed by atoms with van der Waals surface area (Å²) in [7, 11) is 1.62. The summed E-state index contributed by atoms with van der Waals surface area (Å²) in [6.45, 7) is 3.61. The highest BCUT2D eigenvalue weighted by Crippen LogP contribution is 2.35. The van der Waals surface area contributed by atoms with Crippen molar-refractivity contribution < 1.29 is 24.5 Å². The molecule has 7 nitrogen and oxygen atoms in total. The quantitative estimate of drug-likeness (QED) is 0.673. The fraction of sp³-hybridized carbons (Fsp3) is 0.227. The first-order valence-electron chi connectivity index (χ1n) is 9.34. The van der Waals surface area contributed by atoms with Crippen molar-refractivity contribution in [1.29, 1.82) is 0 Å². The second-order valence-corrected chi connectivity index (χ2v) is 7.80. The van der Waals surface area contributed by atoms with Crippen molar-refractivity contribution in [2.24, 2.45) is 4.99 Å². The molecule has 1 saturated heterocycles. The monoisotopic (exact) mass is 426 g/mol. The van der Waals surface area contributed by atoms with Crippen LogP contribution in [-0.4, -0.2) is 45.3 Å². The number of benzene rings is 2. The molecule has 0 radical (unpaired) electrons. The predicted molar refractivity (Wildman–Crippen MR) is 117 cm³/mol. The van der Waals surface area contributed by atoms with Crippen LogP contribution in [0.15, 0.2) is 52.4 Å². The van der Waals surface area contributed by atoms with Gasteiger partial charge in [0.05, 0.1) is 4.91 Å². The summed E-state index contributed by atoms with van der Waals surface area (Å²) < 4.78 is 5.52. The third-order valence-electron chi connectivity index (χ3n) is 4.43. The maximum absolute atomic E-state index is 12.6. The Morgan fingerprint density at radius 1 is 1.30 bits per heavy atom. The Balaban J connectivity index is 1.84. The van der Waals surface area contributed by atoms with Crippen LogP contribution in [0.5, 0.6) is 11.5 Å². The van der Waals surface area contributed by atoms with Crippen LogP contribution in [-0.2, 0) is 9.59 Å². The Kier molecular flexibility index (Phi) is 6.47. The number of amidine groups is 1. The fourth-order valence-electron chi connectivity index (χ4n) is 2.78. The first-order chi connectivity index (χ1) is 14.3. The van der Waals surface area contributed by atoms with E-state index in [1.807, 2.05) is 13.0 Å². The van der Waals surface area contributed by atoms with Crippen molar-refractivity contribution in [3.8, 4) is 11.5 Å². The number of phenols is 1. The molecule has 0 saturated carbocycles.